The molecule has 0 saturated heterocycles. The van der Waals surface area contributed by atoms with E-state index in [1.54, 1.807) is 56.5 Å². The van der Waals surface area contributed by atoms with Crippen molar-refractivity contribution >= 4 is 28.9 Å². The molecule has 5 heteroatoms. The third-order valence-corrected chi connectivity index (χ3v) is 5.42. The number of aromatic hydroxyl groups is 2. The van der Waals surface area contributed by atoms with E-state index in [1.807, 2.05) is 42.5 Å². The second-order valence-corrected chi connectivity index (χ2v) is 7.80. The molecule has 0 aliphatic rings. The van der Waals surface area contributed by atoms with E-state index in [0.717, 1.165) is 27.6 Å². The summed E-state index contributed by atoms with van der Waals surface area (Å²) >= 11 is 0. The van der Waals surface area contributed by atoms with E-state index in [9.17, 15) is 15.0 Å². The summed E-state index contributed by atoms with van der Waals surface area (Å²) < 4.78 is 10.8. The summed E-state index contributed by atoms with van der Waals surface area (Å²) in [4.78, 5) is 12.8. The molecule has 4 aromatic rings. The predicted octanol–water partition coefficient (Wildman–Crippen LogP) is 6.14. The standard InChI is InChI=1S/C28H24O5/c1-18(21-7-8-23-16-26(32-2)12-9-22(23)15-21)28(31)33-27-14-20(13-25(30)17-27)4-3-19-5-10-24(29)11-6-19/h3-18,29-30H,1-2H3/b4-3+. The molecule has 0 heterocycles. The molecule has 0 aromatic heterocycles. The maximum absolute atomic E-state index is 12.8. The van der Waals surface area contributed by atoms with E-state index >= 15 is 0 Å². The van der Waals surface area contributed by atoms with Gasteiger partial charge < -0.3 is 19.7 Å². The number of fused-ring (bicyclic) bond motifs is 1. The average Bonchev–Trinajstić information content (AvgIpc) is 2.82. The number of phenolic OH excluding ortho intramolecular Hbond substituents is 2. The molecular formula is C28H24O5. The second-order valence-electron chi connectivity index (χ2n) is 7.80. The van der Waals surface area contributed by atoms with Gasteiger partial charge in [0.2, 0.25) is 0 Å². The number of benzene rings is 4. The van der Waals surface area contributed by atoms with Crippen molar-refractivity contribution in [2.45, 2.75) is 12.8 Å². The van der Waals surface area contributed by atoms with E-state index in [4.69, 9.17) is 9.47 Å². The second kappa shape index (κ2) is 9.49. The molecule has 0 aliphatic heterocycles. The van der Waals surface area contributed by atoms with Crippen LogP contribution >= 0.6 is 0 Å². The van der Waals surface area contributed by atoms with Crippen LogP contribution in [-0.4, -0.2) is 23.3 Å². The highest BCUT2D eigenvalue weighted by Crippen LogP contribution is 2.28. The van der Waals surface area contributed by atoms with Gasteiger partial charge >= 0.3 is 5.97 Å². The highest BCUT2D eigenvalue weighted by Gasteiger charge is 2.18. The molecule has 33 heavy (non-hydrogen) atoms. The van der Waals surface area contributed by atoms with E-state index in [0.29, 0.717) is 5.56 Å². The minimum atomic E-state index is -0.491. The van der Waals surface area contributed by atoms with Crippen LogP contribution in [0.3, 0.4) is 0 Å². The first kappa shape index (κ1) is 22.0. The van der Waals surface area contributed by atoms with Gasteiger partial charge in [-0.25, -0.2) is 0 Å². The topological polar surface area (TPSA) is 76.0 Å². The lowest BCUT2D eigenvalue weighted by molar-refractivity contribution is -0.135. The Morgan fingerprint density at radius 1 is 0.758 bits per heavy atom. The van der Waals surface area contributed by atoms with Crippen molar-refractivity contribution in [1.82, 2.24) is 0 Å². The summed E-state index contributed by atoms with van der Waals surface area (Å²) in [5.74, 6) is 0.332. The molecule has 166 valence electrons. The third-order valence-electron chi connectivity index (χ3n) is 5.42. The molecule has 0 bridgehead atoms. The number of hydrogen-bond donors (Lipinski definition) is 2. The fourth-order valence-corrected chi connectivity index (χ4v) is 3.52. The van der Waals surface area contributed by atoms with Crippen molar-refractivity contribution in [3.05, 3.63) is 95.6 Å². The van der Waals surface area contributed by atoms with Gasteiger partial charge in [-0.15, -0.1) is 0 Å². The zero-order valence-corrected chi connectivity index (χ0v) is 18.4. The molecule has 2 N–H and O–H groups in total. The van der Waals surface area contributed by atoms with Crippen LogP contribution in [0.15, 0.2) is 78.9 Å². The Kier molecular flexibility index (Phi) is 6.31. The monoisotopic (exact) mass is 440 g/mol. The van der Waals surface area contributed by atoms with Gasteiger partial charge in [-0.1, -0.05) is 48.6 Å². The van der Waals surface area contributed by atoms with E-state index in [2.05, 4.69) is 0 Å². The maximum Gasteiger partial charge on any atom is 0.318 e. The molecule has 4 aromatic carbocycles. The zero-order chi connectivity index (χ0) is 23.4. The number of methoxy groups -OCH3 is 1. The van der Waals surface area contributed by atoms with Crippen LogP contribution in [0.5, 0.6) is 23.0 Å². The van der Waals surface area contributed by atoms with Crippen LogP contribution in [0, 0.1) is 0 Å². The fourth-order valence-electron chi connectivity index (χ4n) is 3.52. The largest absolute Gasteiger partial charge is 0.508 e. The number of carbonyl (C=O) groups excluding carboxylic acids is 1. The van der Waals surface area contributed by atoms with Crippen molar-refractivity contribution in [2.75, 3.05) is 7.11 Å². The lowest BCUT2D eigenvalue weighted by Crippen LogP contribution is -2.16. The van der Waals surface area contributed by atoms with Crippen LogP contribution in [0.2, 0.25) is 0 Å². The molecule has 0 spiro atoms. The Balaban J connectivity index is 1.50. The van der Waals surface area contributed by atoms with Crippen LogP contribution in [0.1, 0.15) is 29.5 Å². The predicted molar refractivity (Wildman–Crippen MR) is 130 cm³/mol. The Hall–Kier alpha value is -4.25. The minimum Gasteiger partial charge on any atom is -0.508 e. The van der Waals surface area contributed by atoms with Crippen molar-refractivity contribution < 1.29 is 24.5 Å². The molecular weight excluding hydrogens is 416 g/mol. The molecule has 4 rings (SSSR count). The zero-order valence-electron chi connectivity index (χ0n) is 18.4. The van der Waals surface area contributed by atoms with Crippen molar-refractivity contribution in [3.63, 3.8) is 0 Å². The lowest BCUT2D eigenvalue weighted by Gasteiger charge is -2.13. The number of rotatable bonds is 6. The molecule has 0 fully saturated rings. The molecule has 0 radical (unpaired) electrons. The molecule has 0 amide bonds. The van der Waals surface area contributed by atoms with Crippen LogP contribution in [-0.2, 0) is 4.79 Å². The van der Waals surface area contributed by atoms with Crippen molar-refractivity contribution in [2.24, 2.45) is 0 Å². The Morgan fingerprint density at radius 3 is 2.21 bits per heavy atom. The Labute approximate surface area is 192 Å². The summed E-state index contributed by atoms with van der Waals surface area (Å²) in [6, 6.07) is 23.0. The smallest absolute Gasteiger partial charge is 0.318 e. The number of esters is 1. The van der Waals surface area contributed by atoms with Crippen molar-refractivity contribution in [3.8, 4) is 23.0 Å². The SMILES string of the molecule is COc1ccc2cc(C(C)C(=O)Oc3cc(O)cc(/C=C/c4ccc(O)cc4)c3)ccc2c1. The van der Waals surface area contributed by atoms with Crippen molar-refractivity contribution in [1.29, 1.82) is 0 Å². The number of ether oxygens (including phenoxy) is 2. The number of phenols is 2. The summed E-state index contributed by atoms with van der Waals surface area (Å²) in [6.45, 7) is 1.79. The highest BCUT2D eigenvalue weighted by atomic mass is 16.5. The van der Waals surface area contributed by atoms with E-state index in [1.165, 1.54) is 6.07 Å². The van der Waals surface area contributed by atoms with Gasteiger partial charge in [-0.2, -0.15) is 0 Å². The first-order valence-electron chi connectivity index (χ1n) is 10.5. The number of hydrogen-bond acceptors (Lipinski definition) is 5. The molecule has 5 nitrogen and oxygen atoms in total. The molecule has 0 saturated carbocycles. The van der Waals surface area contributed by atoms with Gasteiger partial charge in [0.1, 0.15) is 23.0 Å². The lowest BCUT2D eigenvalue weighted by atomic mass is 9.98. The van der Waals surface area contributed by atoms with Gasteiger partial charge in [0.15, 0.2) is 0 Å². The van der Waals surface area contributed by atoms with Gasteiger partial charge in [-0.3, -0.25) is 4.79 Å². The first-order valence-corrected chi connectivity index (χ1v) is 10.5. The first-order chi connectivity index (χ1) is 15.9. The highest BCUT2D eigenvalue weighted by molar-refractivity contribution is 5.87. The third kappa shape index (κ3) is 5.33. The fraction of sp³-hybridized carbons (Fsp3) is 0.107. The van der Waals surface area contributed by atoms with Crippen LogP contribution in [0.25, 0.3) is 22.9 Å². The van der Waals surface area contributed by atoms with Gasteiger partial charge in [0.05, 0.1) is 13.0 Å². The van der Waals surface area contributed by atoms with Crippen LogP contribution < -0.4 is 9.47 Å². The quantitative estimate of drug-likeness (QED) is 0.214. The number of carbonyl (C=O) groups is 1. The normalized spacial score (nSPS) is 12.1. The Bertz CT molecular complexity index is 1320. The Morgan fingerprint density at radius 2 is 1.45 bits per heavy atom. The summed E-state index contributed by atoms with van der Waals surface area (Å²) in [5, 5.41) is 21.5. The van der Waals surface area contributed by atoms with E-state index in [-0.39, 0.29) is 17.2 Å². The molecule has 1 atom stereocenters. The van der Waals surface area contributed by atoms with Gasteiger partial charge in [0.25, 0.3) is 0 Å². The maximum atomic E-state index is 12.8. The summed E-state index contributed by atoms with van der Waals surface area (Å²) in [7, 11) is 1.63. The minimum absolute atomic E-state index is 0.00189. The van der Waals surface area contributed by atoms with Gasteiger partial charge in [-0.05, 0) is 70.8 Å². The molecule has 1 unspecified atom stereocenters. The summed E-state index contributed by atoms with van der Waals surface area (Å²) in [5.41, 5.74) is 2.40. The molecule has 0 aliphatic carbocycles. The van der Waals surface area contributed by atoms with Gasteiger partial charge in [0, 0.05) is 6.07 Å². The van der Waals surface area contributed by atoms with Crippen LogP contribution in [0.4, 0.5) is 0 Å². The average molecular weight is 440 g/mol. The van der Waals surface area contributed by atoms with E-state index < -0.39 is 11.9 Å². The summed E-state index contributed by atoms with van der Waals surface area (Å²) in [6.07, 6.45) is 3.64.